The number of aliphatic hydroxyl groups excluding tert-OH is 1. The van der Waals surface area contributed by atoms with Crippen molar-refractivity contribution >= 4 is 5.97 Å². The first-order valence-corrected chi connectivity index (χ1v) is 14.1. The van der Waals surface area contributed by atoms with Crippen LogP contribution >= 0.6 is 0 Å². The van der Waals surface area contributed by atoms with Gasteiger partial charge in [-0.15, -0.1) is 0 Å². The summed E-state index contributed by atoms with van der Waals surface area (Å²) in [4.78, 5) is 12.3. The van der Waals surface area contributed by atoms with Gasteiger partial charge in [0.1, 0.15) is 0 Å². The Hall–Kier alpha value is -0.830. The van der Waals surface area contributed by atoms with Gasteiger partial charge in [0.15, 0.2) is 0 Å². The Kier molecular flexibility index (Phi) is 5.22. The van der Waals surface area contributed by atoms with Gasteiger partial charge >= 0.3 is 5.97 Å². The Balaban J connectivity index is 1.59. The van der Waals surface area contributed by atoms with Crippen LogP contribution in [0.15, 0.2) is 11.6 Å². The van der Waals surface area contributed by atoms with Crippen LogP contribution in [0.2, 0.25) is 0 Å². The molecular formula is C31H50O3. The molecule has 0 spiro atoms. The van der Waals surface area contributed by atoms with Gasteiger partial charge in [-0.2, -0.15) is 0 Å². The van der Waals surface area contributed by atoms with Crippen LogP contribution in [0.4, 0.5) is 0 Å². The van der Waals surface area contributed by atoms with Gasteiger partial charge in [0.05, 0.1) is 12.0 Å². The molecule has 3 heteroatoms. The molecule has 0 aromatic heterocycles. The van der Waals surface area contributed by atoms with E-state index >= 15 is 0 Å². The summed E-state index contributed by atoms with van der Waals surface area (Å²) in [7, 11) is 0. The molecule has 0 amide bonds. The number of rotatable bonds is 1. The van der Waals surface area contributed by atoms with Crippen LogP contribution in [-0.2, 0) is 4.79 Å². The third-order valence-corrected chi connectivity index (χ3v) is 13.3. The van der Waals surface area contributed by atoms with Crippen LogP contribution in [0.1, 0.15) is 113 Å². The van der Waals surface area contributed by atoms with E-state index in [1.54, 1.807) is 5.57 Å². The summed E-state index contributed by atoms with van der Waals surface area (Å²) in [5, 5.41) is 21.2. The summed E-state index contributed by atoms with van der Waals surface area (Å²) in [6, 6.07) is 0. The number of carboxylic acids is 1. The molecule has 0 heterocycles. The minimum Gasteiger partial charge on any atom is -0.481 e. The Bertz CT molecular complexity index is 916. The van der Waals surface area contributed by atoms with E-state index < -0.39 is 18.0 Å². The number of aliphatic carboxylic acids is 1. The minimum absolute atomic E-state index is 0.0591. The minimum atomic E-state index is -0.816. The lowest BCUT2D eigenvalue weighted by molar-refractivity contribution is -0.222. The summed E-state index contributed by atoms with van der Waals surface area (Å²) in [6.07, 6.45) is 12.5. The van der Waals surface area contributed by atoms with E-state index in [-0.39, 0.29) is 21.7 Å². The fourth-order valence-electron chi connectivity index (χ4n) is 10.9. The molecule has 192 valence electrons. The molecule has 0 aromatic carbocycles. The third-order valence-electron chi connectivity index (χ3n) is 13.3. The highest BCUT2D eigenvalue weighted by Crippen LogP contribution is 2.76. The van der Waals surface area contributed by atoms with E-state index in [2.05, 4.69) is 61.5 Å². The Morgan fingerprint density at radius 3 is 2.18 bits per heavy atom. The van der Waals surface area contributed by atoms with E-state index in [0.717, 1.165) is 12.8 Å². The second kappa shape index (κ2) is 7.14. The Morgan fingerprint density at radius 1 is 0.882 bits per heavy atom. The van der Waals surface area contributed by atoms with E-state index in [4.69, 9.17) is 0 Å². The topological polar surface area (TPSA) is 57.5 Å². The normalized spacial score (nSPS) is 53.4. The van der Waals surface area contributed by atoms with Gasteiger partial charge in [-0.05, 0) is 108 Å². The molecule has 5 rings (SSSR count). The molecule has 4 saturated carbocycles. The summed E-state index contributed by atoms with van der Waals surface area (Å²) < 4.78 is 0. The highest BCUT2D eigenvalue weighted by atomic mass is 16.4. The molecule has 9 atom stereocenters. The summed E-state index contributed by atoms with van der Waals surface area (Å²) in [5.41, 5.74) is 2.57. The number of allylic oxidation sites excluding steroid dienone is 2. The van der Waals surface area contributed by atoms with Gasteiger partial charge in [0.25, 0.3) is 0 Å². The van der Waals surface area contributed by atoms with Crippen molar-refractivity contribution in [1.82, 2.24) is 0 Å². The van der Waals surface area contributed by atoms with Crippen molar-refractivity contribution in [2.75, 3.05) is 0 Å². The zero-order valence-electron chi connectivity index (χ0n) is 23.1. The van der Waals surface area contributed by atoms with Gasteiger partial charge in [0, 0.05) is 0 Å². The van der Waals surface area contributed by atoms with Crippen molar-refractivity contribution in [1.29, 1.82) is 0 Å². The van der Waals surface area contributed by atoms with Crippen molar-refractivity contribution in [2.24, 2.45) is 56.2 Å². The molecule has 5 aliphatic carbocycles. The van der Waals surface area contributed by atoms with Gasteiger partial charge in [-0.25, -0.2) is 0 Å². The molecule has 3 nitrogen and oxygen atoms in total. The van der Waals surface area contributed by atoms with Crippen LogP contribution in [0.25, 0.3) is 0 Å². The summed E-state index contributed by atoms with van der Waals surface area (Å²) in [5.74, 6) is 0.0516. The molecule has 0 aromatic rings. The zero-order chi connectivity index (χ0) is 25.1. The van der Waals surface area contributed by atoms with Crippen LogP contribution < -0.4 is 0 Å². The van der Waals surface area contributed by atoms with Crippen LogP contribution in [-0.4, -0.2) is 22.3 Å². The maximum Gasteiger partial charge on any atom is 0.309 e. The molecule has 34 heavy (non-hydrogen) atoms. The fourth-order valence-corrected chi connectivity index (χ4v) is 10.9. The van der Waals surface area contributed by atoms with Crippen molar-refractivity contribution < 1.29 is 15.0 Å². The summed E-state index contributed by atoms with van der Waals surface area (Å²) >= 11 is 0. The van der Waals surface area contributed by atoms with Gasteiger partial charge in [0.2, 0.25) is 0 Å². The van der Waals surface area contributed by atoms with Gasteiger partial charge in [-0.3, -0.25) is 4.79 Å². The first kappa shape index (κ1) is 24.8. The van der Waals surface area contributed by atoms with E-state index in [1.165, 1.54) is 38.5 Å². The van der Waals surface area contributed by atoms with Crippen molar-refractivity contribution in [3.05, 3.63) is 11.6 Å². The van der Waals surface area contributed by atoms with Crippen LogP contribution in [0.5, 0.6) is 0 Å². The number of carbonyl (C=O) groups is 1. The van der Waals surface area contributed by atoms with Crippen molar-refractivity contribution in [2.45, 2.75) is 119 Å². The highest BCUT2D eigenvalue weighted by Gasteiger charge is 2.69. The van der Waals surface area contributed by atoms with E-state index in [9.17, 15) is 15.0 Å². The zero-order valence-corrected chi connectivity index (χ0v) is 23.1. The predicted molar refractivity (Wildman–Crippen MR) is 137 cm³/mol. The third kappa shape index (κ3) is 3.00. The summed E-state index contributed by atoms with van der Waals surface area (Å²) in [6.45, 7) is 19.4. The van der Waals surface area contributed by atoms with Crippen molar-refractivity contribution in [3.8, 4) is 0 Å². The average Bonchev–Trinajstić information content (AvgIpc) is 2.72. The quantitative estimate of drug-likeness (QED) is 0.391. The Labute approximate surface area is 208 Å². The molecular weight excluding hydrogens is 420 g/mol. The van der Waals surface area contributed by atoms with Gasteiger partial charge < -0.3 is 10.2 Å². The number of hydrogen-bond acceptors (Lipinski definition) is 2. The molecule has 5 aliphatic rings. The molecule has 0 saturated heterocycles. The fraction of sp³-hybridized carbons (Fsp3) is 0.903. The van der Waals surface area contributed by atoms with Crippen LogP contribution in [0.3, 0.4) is 0 Å². The number of carboxylic acid groups (broad SMARTS) is 1. The molecule has 4 fully saturated rings. The first-order valence-electron chi connectivity index (χ1n) is 14.1. The molecule has 0 bridgehead atoms. The van der Waals surface area contributed by atoms with Crippen molar-refractivity contribution in [3.63, 3.8) is 0 Å². The lowest BCUT2D eigenvalue weighted by atomic mass is 9.33. The second-order valence-electron chi connectivity index (χ2n) is 15.8. The number of aliphatic hydroxyl groups is 1. The number of fused-ring (bicyclic) bond motifs is 7. The maximum absolute atomic E-state index is 12.3. The van der Waals surface area contributed by atoms with Crippen LogP contribution in [0, 0.1) is 56.2 Å². The highest BCUT2D eigenvalue weighted by molar-refractivity contribution is 5.71. The predicted octanol–water partition coefficient (Wildman–Crippen LogP) is 7.48. The maximum atomic E-state index is 12.3. The molecule has 0 aliphatic heterocycles. The monoisotopic (exact) mass is 470 g/mol. The van der Waals surface area contributed by atoms with Gasteiger partial charge in [-0.1, -0.05) is 67.0 Å². The Morgan fingerprint density at radius 2 is 1.53 bits per heavy atom. The molecule has 1 unspecified atom stereocenters. The lowest BCUT2D eigenvalue weighted by Crippen LogP contribution is -2.66. The lowest BCUT2D eigenvalue weighted by Gasteiger charge is -2.71. The average molecular weight is 471 g/mol. The molecule has 0 radical (unpaired) electrons. The SMILES string of the molecule is CC1(C)CC[C@]2(C)CC[C@]3(C)C(=CC[C@@H]4[C@@]5(C)CC(C(=O)O)[C@H](O)C(C)(C)[C@@H]5CC[C@]43C)[C@@H]2C1. The second-order valence-corrected chi connectivity index (χ2v) is 15.8. The van der Waals surface area contributed by atoms with E-state index in [1.807, 2.05) is 0 Å². The van der Waals surface area contributed by atoms with E-state index in [0.29, 0.717) is 35.0 Å². The standard InChI is InChI=1S/C31H50O3/c1-26(2)13-14-28(5)15-16-30(7)20(21(28)18-26)9-10-23-29(6)17-19(25(33)34)24(32)27(3,4)22(29)11-12-31(23,30)8/h9,19,21-24,32H,10-18H2,1-8H3,(H,33,34)/t19?,21-,22-,23+,24-,28+,29-,30+,31+/m0/s1. The first-order chi connectivity index (χ1) is 15.5. The smallest absolute Gasteiger partial charge is 0.309 e. The largest absolute Gasteiger partial charge is 0.481 e. The number of hydrogen-bond donors (Lipinski definition) is 2. The molecule has 2 N–H and O–H groups in total.